The van der Waals surface area contributed by atoms with Gasteiger partial charge in [0.25, 0.3) is 0 Å². The summed E-state index contributed by atoms with van der Waals surface area (Å²) in [6.45, 7) is 2.57. The molecule has 35 heavy (non-hydrogen) atoms. The molecule has 0 radical (unpaired) electrons. The summed E-state index contributed by atoms with van der Waals surface area (Å²) in [6, 6.07) is 16.6. The molecule has 8 nitrogen and oxygen atoms in total. The molecule has 2 aromatic carbocycles. The first-order valence-corrected chi connectivity index (χ1v) is 12.3. The van der Waals surface area contributed by atoms with Crippen molar-refractivity contribution in [3.05, 3.63) is 71.3 Å². The zero-order valence-electron chi connectivity index (χ0n) is 20.0. The maximum absolute atomic E-state index is 13.6. The van der Waals surface area contributed by atoms with Crippen LogP contribution in [0.15, 0.2) is 54.6 Å². The van der Waals surface area contributed by atoms with Crippen LogP contribution in [0.1, 0.15) is 48.9 Å². The summed E-state index contributed by atoms with van der Waals surface area (Å²) in [6.07, 6.45) is -0.247. The summed E-state index contributed by atoms with van der Waals surface area (Å²) in [5, 5.41) is 22.7. The zero-order chi connectivity index (χ0) is 24.8. The normalized spacial score (nSPS) is 22.8. The highest BCUT2D eigenvalue weighted by Gasteiger charge is 2.40. The molecule has 0 saturated carbocycles. The van der Waals surface area contributed by atoms with Crippen molar-refractivity contribution in [1.82, 2.24) is 10.4 Å². The van der Waals surface area contributed by atoms with Gasteiger partial charge in [0.1, 0.15) is 12.1 Å². The van der Waals surface area contributed by atoms with Crippen molar-refractivity contribution in [2.45, 2.75) is 63.4 Å². The molecular weight excluding hydrogens is 448 g/mol. The first-order chi connectivity index (χ1) is 16.9. The van der Waals surface area contributed by atoms with E-state index in [1.807, 2.05) is 54.6 Å². The molecule has 0 spiro atoms. The van der Waals surface area contributed by atoms with Gasteiger partial charge in [0.2, 0.25) is 5.91 Å². The molecule has 2 aliphatic rings. The number of carbonyl (C=O) groups excluding carboxylic acids is 2. The standard InChI is InChI=1S/C27H34N2O6/c1-18(15-21(30)12-11-19-7-3-2-4-8-19)26(32)29(28-27(33)35-22-13-14-34-17-22)25-23-10-6-5-9-20(23)16-24(25)31/h2-10,18,21-22,24-25,30-31H,11-17H2,1H3,(H,28,33)/t18-,21+,22+,24-,25+/m1/s1. The highest BCUT2D eigenvalue weighted by Crippen LogP contribution is 2.36. The van der Waals surface area contributed by atoms with Gasteiger partial charge in [0.05, 0.1) is 25.4 Å². The molecule has 1 aliphatic carbocycles. The van der Waals surface area contributed by atoms with E-state index >= 15 is 0 Å². The number of aliphatic hydroxyl groups is 2. The predicted octanol–water partition coefficient (Wildman–Crippen LogP) is 2.92. The summed E-state index contributed by atoms with van der Waals surface area (Å²) in [4.78, 5) is 26.3. The van der Waals surface area contributed by atoms with Crippen LogP contribution in [-0.4, -0.2) is 58.7 Å². The van der Waals surface area contributed by atoms with Crippen LogP contribution in [0.4, 0.5) is 4.79 Å². The summed E-state index contributed by atoms with van der Waals surface area (Å²) in [5.74, 6) is -0.972. The molecular formula is C27H34N2O6. The van der Waals surface area contributed by atoms with E-state index in [1.54, 1.807) is 6.92 Å². The first kappa shape index (κ1) is 25.2. The quantitative estimate of drug-likeness (QED) is 0.500. The van der Waals surface area contributed by atoms with Crippen LogP contribution >= 0.6 is 0 Å². The number of carbonyl (C=O) groups is 2. The summed E-state index contributed by atoms with van der Waals surface area (Å²) < 4.78 is 10.7. The molecule has 3 N–H and O–H groups in total. The number of amides is 2. The zero-order valence-corrected chi connectivity index (χ0v) is 20.0. The SMILES string of the molecule is C[C@H](C[C@@H](O)CCc1ccccc1)C(=O)N(NC(=O)O[C@H]1CCOC1)[C@H]1c2ccccc2C[C@H]1O. The number of nitrogens with one attached hydrogen (secondary N) is 1. The number of benzene rings is 2. The average Bonchev–Trinajstić information content (AvgIpc) is 3.48. The number of ether oxygens (including phenoxy) is 2. The van der Waals surface area contributed by atoms with Gasteiger partial charge in [-0.1, -0.05) is 61.5 Å². The summed E-state index contributed by atoms with van der Waals surface area (Å²) in [7, 11) is 0. The van der Waals surface area contributed by atoms with Crippen LogP contribution < -0.4 is 5.43 Å². The first-order valence-electron chi connectivity index (χ1n) is 12.3. The Morgan fingerprint density at radius 2 is 1.91 bits per heavy atom. The molecule has 8 heteroatoms. The van der Waals surface area contributed by atoms with Gasteiger partial charge in [-0.25, -0.2) is 15.2 Å². The minimum Gasteiger partial charge on any atom is -0.442 e. The summed E-state index contributed by atoms with van der Waals surface area (Å²) in [5.41, 5.74) is 5.43. The lowest BCUT2D eigenvalue weighted by molar-refractivity contribution is -0.145. The predicted molar refractivity (Wildman–Crippen MR) is 129 cm³/mol. The number of aryl methyl sites for hydroxylation is 1. The molecule has 1 fully saturated rings. The average molecular weight is 483 g/mol. The lowest BCUT2D eigenvalue weighted by Gasteiger charge is -2.34. The van der Waals surface area contributed by atoms with Gasteiger partial charge < -0.3 is 19.7 Å². The minimum atomic E-state index is -0.873. The van der Waals surface area contributed by atoms with E-state index in [2.05, 4.69) is 5.43 Å². The van der Waals surface area contributed by atoms with Crippen molar-refractivity contribution in [2.24, 2.45) is 5.92 Å². The molecule has 1 heterocycles. The van der Waals surface area contributed by atoms with Gasteiger partial charge in [-0.2, -0.15) is 0 Å². The van der Waals surface area contributed by atoms with Crippen molar-refractivity contribution < 1.29 is 29.3 Å². The number of hydrazine groups is 1. The smallest absolute Gasteiger partial charge is 0.426 e. The maximum atomic E-state index is 13.6. The van der Waals surface area contributed by atoms with Crippen molar-refractivity contribution in [1.29, 1.82) is 0 Å². The number of fused-ring (bicyclic) bond motifs is 1. The Balaban J connectivity index is 1.45. The monoisotopic (exact) mass is 482 g/mol. The number of rotatable bonds is 8. The topological polar surface area (TPSA) is 108 Å². The Labute approximate surface area is 205 Å². The fraction of sp³-hybridized carbons (Fsp3) is 0.481. The molecule has 1 aliphatic heterocycles. The van der Waals surface area contributed by atoms with Gasteiger partial charge in [0, 0.05) is 18.8 Å². The molecule has 1 saturated heterocycles. The molecule has 188 valence electrons. The second-order valence-electron chi connectivity index (χ2n) is 9.44. The number of nitrogens with zero attached hydrogens (tertiary/aromatic N) is 1. The second-order valence-corrected chi connectivity index (χ2v) is 9.44. The van der Waals surface area contributed by atoms with E-state index in [-0.39, 0.29) is 18.4 Å². The van der Waals surface area contributed by atoms with Gasteiger partial charge in [-0.15, -0.1) is 0 Å². The fourth-order valence-corrected chi connectivity index (χ4v) is 4.85. The van der Waals surface area contributed by atoms with Crippen molar-refractivity contribution in [2.75, 3.05) is 13.2 Å². The van der Waals surface area contributed by atoms with Crippen LogP contribution in [0.2, 0.25) is 0 Å². The van der Waals surface area contributed by atoms with Crippen LogP contribution in [0.3, 0.4) is 0 Å². The Kier molecular flexibility index (Phi) is 8.38. The Hall–Kier alpha value is -2.94. The Morgan fingerprint density at radius 3 is 2.66 bits per heavy atom. The highest BCUT2D eigenvalue weighted by atomic mass is 16.6. The van der Waals surface area contributed by atoms with Gasteiger partial charge in [-0.3, -0.25) is 4.79 Å². The van der Waals surface area contributed by atoms with Crippen LogP contribution in [0, 0.1) is 5.92 Å². The van der Waals surface area contributed by atoms with Gasteiger partial charge in [-0.05, 0) is 36.0 Å². The molecule has 0 aromatic heterocycles. The van der Waals surface area contributed by atoms with E-state index in [9.17, 15) is 19.8 Å². The molecule has 2 amide bonds. The van der Waals surface area contributed by atoms with E-state index in [4.69, 9.17) is 9.47 Å². The third-order valence-electron chi connectivity index (χ3n) is 6.71. The number of hydrogen-bond acceptors (Lipinski definition) is 6. The lowest BCUT2D eigenvalue weighted by Crippen LogP contribution is -2.53. The van der Waals surface area contributed by atoms with Gasteiger partial charge in [0.15, 0.2) is 0 Å². The number of aliphatic hydroxyl groups excluding tert-OH is 2. The van der Waals surface area contributed by atoms with Crippen molar-refractivity contribution >= 4 is 12.0 Å². The van der Waals surface area contributed by atoms with E-state index in [0.717, 1.165) is 16.7 Å². The molecule has 0 unspecified atom stereocenters. The molecule has 4 rings (SSSR count). The summed E-state index contributed by atoms with van der Waals surface area (Å²) >= 11 is 0. The molecule has 0 bridgehead atoms. The fourth-order valence-electron chi connectivity index (χ4n) is 4.85. The Morgan fingerprint density at radius 1 is 1.17 bits per heavy atom. The van der Waals surface area contributed by atoms with Crippen molar-refractivity contribution in [3.8, 4) is 0 Å². The number of hydrogen-bond donors (Lipinski definition) is 3. The minimum absolute atomic E-state index is 0.236. The third kappa shape index (κ3) is 6.39. The largest absolute Gasteiger partial charge is 0.442 e. The second kappa shape index (κ2) is 11.7. The van der Waals surface area contributed by atoms with Crippen LogP contribution in [0.5, 0.6) is 0 Å². The van der Waals surface area contributed by atoms with E-state index in [0.29, 0.717) is 38.9 Å². The van der Waals surface area contributed by atoms with Crippen LogP contribution in [-0.2, 0) is 27.1 Å². The highest BCUT2D eigenvalue weighted by molar-refractivity contribution is 5.82. The third-order valence-corrected chi connectivity index (χ3v) is 6.71. The van der Waals surface area contributed by atoms with E-state index in [1.165, 1.54) is 5.01 Å². The van der Waals surface area contributed by atoms with Crippen LogP contribution in [0.25, 0.3) is 0 Å². The van der Waals surface area contributed by atoms with E-state index < -0.39 is 30.3 Å². The van der Waals surface area contributed by atoms with Crippen molar-refractivity contribution in [3.63, 3.8) is 0 Å². The Bertz CT molecular complexity index is 994. The maximum Gasteiger partial charge on any atom is 0.426 e. The molecule has 5 atom stereocenters. The lowest BCUT2D eigenvalue weighted by atomic mass is 9.96. The molecule has 2 aromatic rings. The van der Waals surface area contributed by atoms with Gasteiger partial charge >= 0.3 is 6.09 Å².